The second kappa shape index (κ2) is 6.19. The van der Waals surface area contributed by atoms with E-state index in [0.29, 0.717) is 6.04 Å². The molecule has 0 radical (unpaired) electrons. The number of hydrogen-bond acceptors (Lipinski definition) is 4. The number of piperazine rings is 1. The molecule has 2 N–H and O–H groups in total. The first kappa shape index (κ1) is 15.1. The molecule has 0 aromatic heterocycles. The van der Waals surface area contributed by atoms with Gasteiger partial charge in [-0.2, -0.15) is 0 Å². The molecular weight excluding hydrogens is 302 g/mol. The van der Waals surface area contributed by atoms with Gasteiger partial charge in [0.1, 0.15) is 0 Å². The highest BCUT2D eigenvalue weighted by molar-refractivity contribution is 7.99. The van der Waals surface area contributed by atoms with Gasteiger partial charge in [0.15, 0.2) is 0 Å². The Hall–Kier alpha value is -1.49. The zero-order valence-electron chi connectivity index (χ0n) is 13.5. The minimum absolute atomic E-state index is 0.429. The molecular formula is C19H23N3S. The third-order valence-corrected chi connectivity index (χ3v) is 6.19. The van der Waals surface area contributed by atoms with Crippen LogP contribution in [0, 0.1) is 0 Å². The average molecular weight is 325 g/mol. The minimum atomic E-state index is 0.429. The molecule has 0 aliphatic carbocycles. The van der Waals surface area contributed by atoms with E-state index in [1.165, 1.54) is 20.9 Å². The summed E-state index contributed by atoms with van der Waals surface area (Å²) in [6.45, 7) is 4.54. The number of anilines is 1. The van der Waals surface area contributed by atoms with Crippen molar-refractivity contribution in [3.63, 3.8) is 0 Å². The standard InChI is InChI=1S/C19H23N3S/c1-21-8-10-22(11-9-21)17-12-14-4-2-3-5-18(14)23-19-7-6-15(20)13-16(17)19/h2-7,13,17H,8-12,20H2,1H3. The number of nitrogens with two attached hydrogens (primary N) is 1. The van der Waals surface area contributed by atoms with E-state index in [0.717, 1.165) is 38.3 Å². The first-order valence-corrected chi connectivity index (χ1v) is 9.10. The van der Waals surface area contributed by atoms with Gasteiger partial charge < -0.3 is 10.6 Å². The Morgan fingerprint density at radius 1 is 1.00 bits per heavy atom. The maximum atomic E-state index is 6.12. The van der Waals surface area contributed by atoms with Gasteiger partial charge in [-0.05, 0) is 48.9 Å². The molecule has 1 atom stereocenters. The molecule has 0 spiro atoms. The highest BCUT2D eigenvalue weighted by Gasteiger charge is 2.29. The molecule has 0 saturated carbocycles. The van der Waals surface area contributed by atoms with Gasteiger partial charge >= 0.3 is 0 Å². The van der Waals surface area contributed by atoms with E-state index >= 15 is 0 Å². The Kier molecular flexibility index (Phi) is 4.05. The summed E-state index contributed by atoms with van der Waals surface area (Å²) in [5.41, 5.74) is 9.84. The predicted molar refractivity (Wildman–Crippen MR) is 96.9 cm³/mol. The van der Waals surface area contributed by atoms with Crippen LogP contribution in [0.4, 0.5) is 5.69 Å². The van der Waals surface area contributed by atoms with E-state index < -0.39 is 0 Å². The number of benzene rings is 2. The Bertz CT molecular complexity index is 708. The SMILES string of the molecule is CN1CCN(C2Cc3ccccc3Sc3ccc(N)cc32)CC1. The number of hydrogen-bond donors (Lipinski definition) is 1. The summed E-state index contributed by atoms with van der Waals surface area (Å²) in [5.74, 6) is 0. The number of fused-ring (bicyclic) bond motifs is 2. The topological polar surface area (TPSA) is 32.5 Å². The van der Waals surface area contributed by atoms with Crippen LogP contribution in [0.3, 0.4) is 0 Å². The van der Waals surface area contributed by atoms with Crippen LogP contribution in [-0.2, 0) is 6.42 Å². The summed E-state index contributed by atoms with van der Waals surface area (Å²) in [5, 5.41) is 0. The summed E-state index contributed by atoms with van der Waals surface area (Å²) in [6, 6.07) is 15.7. The highest BCUT2D eigenvalue weighted by Crippen LogP contribution is 2.43. The van der Waals surface area contributed by atoms with Gasteiger partial charge in [-0.25, -0.2) is 0 Å². The molecule has 1 saturated heterocycles. The maximum Gasteiger partial charge on any atom is 0.0401 e. The van der Waals surface area contributed by atoms with Crippen molar-refractivity contribution in [3.05, 3.63) is 53.6 Å². The molecule has 0 amide bonds. The summed E-state index contributed by atoms with van der Waals surface area (Å²) in [4.78, 5) is 7.79. The van der Waals surface area contributed by atoms with Gasteiger partial charge in [-0.1, -0.05) is 30.0 Å². The molecule has 23 heavy (non-hydrogen) atoms. The van der Waals surface area contributed by atoms with Gasteiger partial charge in [0.05, 0.1) is 0 Å². The van der Waals surface area contributed by atoms with E-state index in [2.05, 4.69) is 53.2 Å². The largest absolute Gasteiger partial charge is 0.399 e. The quantitative estimate of drug-likeness (QED) is 0.816. The average Bonchev–Trinajstić information content (AvgIpc) is 2.72. The fourth-order valence-electron chi connectivity index (χ4n) is 3.59. The summed E-state index contributed by atoms with van der Waals surface area (Å²) in [7, 11) is 2.21. The summed E-state index contributed by atoms with van der Waals surface area (Å²) in [6.07, 6.45) is 1.07. The second-order valence-electron chi connectivity index (χ2n) is 6.57. The second-order valence-corrected chi connectivity index (χ2v) is 7.65. The van der Waals surface area contributed by atoms with Gasteiger partial charge in [-0.15, -0.1) is 0 Å². The van der Waals surface area contributed by atoms with Crippen molar-refractivity contribution in [2.45, 2.75) is 22.3 Å². The van der Waals surface area contributed by atoms with Gasteiger partial charge in [0.2, 0.25) is 0 Å². The summed E-state index contributed by atoms with van der Waals surface area (Å²) < 4.78 is 0. The molecule has 2 aromatic rings. The molecule has 1 fully saturated rings. The van der Waals surface area contributed by atoms with E-state index in [-0.39, 0.29) is 0 Å². The maximum absolute atomic E-state index is 6.12. The van der Waals surface area contributed by atoms with Crippen LogP contribution < -0.4 is 5.73 Å². The van der Waals surface area contributed by atoms with Gasteiger partial charge in [0, 0.05) is 47.7 Å². The van der Waals surface area contributed by atoms with Crippen LogP contribution in [0.15, 0.2) is 52.3 Å². The molecule has 3 nitrogen and oxygen atoms in total. The lowest BCUT2D eigenvalue weighted by Crippen LogP contribution is -2.46. The van der Waals surface area contributed by atoms with Crippen LogP contribution in [0.25, 0.3) is 0 Å². The zero-order chi connectivity index (χ0) is 15.8. The molecule has 2 heterocycles. The van der Waals surface area contributed by atoms with Crippen LogP contribution in [0.2, 0.25) is 0 Å². The van der Waals surface area contributed by atoms with Crippen LogP contribution in [-0.4, -0.2) is 43.0 Å². The molecule has 2 aromatic carbocycles. The zero-order valence-corrected chi connectivity index (χ0v) is 14.4. The molecule has 2 aliphatic rings. The summed E-state index contributed by atoms with van der Waals surface area (Å²) >= 11 is 1.89. The van der Waals surface area contributed by atoms with Gasteiger partial charge in [0.25, 0.3) is 0 Å². The number of rotatable bonds is 1. The molecule has 4 heteroatoms. The van der Waals surface area contributed by atoms with Crippen molar-refractivity contribution in [3.8, 4) is 0 Å². The van der Waals surface area contributed by atoms with Crippen molar-refractivity contribution < 1.29 is 0 Å². The molecule has 0 bridgehead atoms. The Morgan fingerprint density at radius 2 is 1.78 bits per heavy atom. The van der Waals surface area contributed by atoms with Crippen molar-refractivity contribution in [2.75, 3.05) is 39.0 Å². The lowest BCUT2D eigenvalue weighted by atomic mass is 9.96. The fraction of sp³-hybridized carbons (Fsp3) is 0.368. The Morgan fingerprint density at radius 3 is 2.61 bits per heavy atom. The van der Waals surface area contributed by atoms with Crippen molar-refractivity contribution in [1.82, 2.24) is 9.80 Å². The van der Waals surface area contributed by atoms with E-state index in [1.807, 2.05) is 17.8 Å². The third-order valence-electron chi connectivity index (χ3n) is 4.98. The predicted octanol–water partition coefficient (Wildman–Crippen LogP) is 3.26. The van der Waals surface area contributed by atoms with E-state index in [1.54, 1.807) is 0 Å². The number of nitrogen functional groups attached to an aromatic ring is 1. The lowest BCUT2D eigenvalue weighted by Gasteiger charge is -2.38. The normalized spacial score (nSPS) is 22.2. The number of likely N-dealkylation sites (N-methyl/N-ethyl adjacent to an activating group) is 1. The molecule has 4 rings (SSSR count). The lowest BCUT2D eigenvalue weighted by molar-refractivity contribution is 0.110. The van der Waals surface area contributed by atoms with Crippen molar-refractivity contribution in [2.24, 2.45) is 0 Å². The van der Waals surface area contributed by atoms with Gasteiger partial charge in [-0.3, -0.25) is 4.90 Å². The van der Waals surface area contributed by atoms with Crippen LogP contribution in [0.5, 0.6) is 0 Å². The van der Waals surface area contributed by atoms with Crippen LogP contribution in [0.1, 0.15) is 17.2 Å². The fourth-order valence-corrected chi connectivity index (χ4v) is 4.70. The Balaban J connectivity index is 1.76. The van der Waals surface area contributed by atoms with Crippen molar-refractivity contribution in [1.29, 1.82) is 0 Å². The third kappa shape index (κ3) is 2.99. The smallest absolute Gasteiger partial charge is 0.0401 e. The van der Waals surface area contributed by atoms with E-state index in [9.17, 15) is 0 Å². The monoisotopic (exact) mass is 325 g/mol. The molecule has 2 aliphatic heterocycles. The molecule has 1 unspecified atom stereocenters. The highest BCUT2D eigenvalue weighted by atomic mass is 32.2. The van der Waals surface area contributed by atoms with E-state index in [4.69, 9.17) is 5.73 Å². The Labute approximate surface area is 142 Å². The first-order valence-electron chi connectivity index (χ1n) is 8.28. The molecule has 120 valence electrons. The minimum Gasteiger partial charge on any atom is -0.399 e. The van der Waals surface area contributed by atoms with Crippen LogP contribution >= 0.6 is 11.8 Å². The number of nitrogens with zero attached hydrogens (tertiary/aromatic N) is 2. The first-order chi connectivity index (χ1) is 11.2. The van der Waals surface area contributed by atoms with Crippen molar-refractivity contribution >= 4 is 17.4 Å².